The maximum absolute atomic E-state index is 7.02. The molecule has 0 N–H and O–H groups in total. The molecule has 6 atom stereocenters. The van der Waals surface area contributed by atoms with Crippen molar-refractivity contribution in [2.24, 2.45) is 0 Å². The van der Waals surface area contributed by atoms with Gasteiger partial charge in [0.1, 0.15) is 30.5 Å². The van der Waals surface area contributed by atoms with Gasteiger partial charge in [-0.15, -0.1) is 0 Å². The second-order valence-corrected chi connectivity index (χ2v) is 11.1. The number of fused-ring (bicyclic) bond motifs is 1. The monoisotopic (exact) mass is 576 g/mol. The Morgan fingerprint density at radius 1 is 0.725 bits per heavy atom. The number of hydrogen-bond donors (Lipinski definition) is 0. The molecule has 2 aromatic carbocycles. The van der Waals surface area contributed by atoms with Gasteiger partial charge in [0.15, 0.2) is 0 Å². The van der Waals surface area contributed by atoms with Crippen molar-refractivity contribution in [1.82, 2.24) is 0 Å². The number of unbranched alkanes of at least 4 members (excludes halogenated alkanes) is 4. The molecule has 1 saturated heterocycles. The molecule has 0 spiro atoms. The third kappa shape index (κ3) is 9.73. The van der Waals surface area contributed by atoms with Gasteiger partial charge < -0.3 is 28.2 Å². The van der Waals surface area contributed by atoms with Crippen molar-refractivity contribution in [3.8, 4) is 0 Å². The molecule has 3 rings (SSSR count). The molecule has 1 aliphatic heterocycles. The van der Waals surface area contributed by atoms with Crippen LogP contribution in [0.25, 0.3) is 10.8 Å². The maximum atomic E-state index is 7.02. The summed E-state index contributed by atoms with van der Waals surface area (Å²) in [6.45, 7) is 12.4. The molecule has 0 bridgehead atoms. The Balaban J connectivity index is 2.07. The molecule has 0 radical (unpaired) electrons. The average Bonchev–Trinajstić information content (AvgIpc) is 2.97. The van der Waals surface area contributed by atoms with Gasteiger partial charge in [0.05, 0.1) is 13.2 Å². The summed E-state index contributed by atoms with van der Waals surface area (Å²) in [6.07, 6.45) is 6.86. The fourth-order valence-corrected chi connectivity index (χ4v) is 5.42. The van der Waals surface area contributed by atoms with Gasteiger partial charge in [0, 0.05) is 35.9 Å². The molecule has 6 nitrogen and oxygen atoms in total. The van der Waals surface area contributed by atoms with Gasteiger partial charge in [-0.05, 0) is 53.6 Å². The molecule has 2 unspecified atom stereocenters. The van der Waals surface area contributed by atoms with Crippen molar-refractivity contribution in [2.75, 3.05) is 33.0 Å². The summed E-state index contributed by atoms with van der Waals surface area (Å²) in [5.41, 5.74) is 2.20. The summed E-state index contributed by atoms with van der Waals surface area (Å²) in [5.74, 6) is 0. The molecule has 1 heterocycles. The third-order valence-electron chi connectivity index (χ3n) is 7.49. The van der Waals surface area contributed by atoms with Crippen molar-refractivity contribution >= 4 is 20.2 Å². The number of ether oxygens (including phenoxy) is 5. The van der Waals surface area contributed by atoms with E-state index in [1.54, 1.807) is 0 Å². The van der Waals surface area contributed by atoms with Crippen LogP contribution >= 0.6 is 9.47 Å². The van der Waals surface area contributed by atoms with Gasteiger partial charge in [-0.2, -0.15) is 0 Å². The first-order valence-corrected chi connectivity index (χ1v) is 16.1. The molecule has 0 aromatic heterocycles. The van der Waals surface area contributed by atoms with E-state index in [-0.39, 0.29) is 30.5 Å². The van der Waals surface area contributed by atoms with Crippen LogP contribution < -0.4 is 0 Å². The summed E-state index contributed by atoms with van der Waals surface area (Å²) in [5, 5.41) is 2.32. The summed E-state index contributed by atoms with van der Waals surface area (Å²) < 4.78 is 38.6. The normalized spacial score (nSPS) is 23.2. The minimum Gasteiger partial charge on any atom is -0.379 e. The van der Waals surface area contributed by atoms with E-state index in [9.17, 15) is 0 Å². The highest BCUT2D eigenvalue weighted by Crippen LogP contribution is 2.41. The largest absolute Gasteiger partial charge is 0.379 e. The summed E-state index contributed by atoms with van der Waals surface area (Å²) in [7, 11) is 2.37. The van der Waals surface area contributed by atoms with Gasteiger partial charge in [0.25, 0.3) is 0 Å². The second-order valence-electron chi connectivity index (χ2n) is 10.8. The van der Waals surface area contributed by atoms with Crippen LogP contribution in [0.1, 0.15) is 96.3 Å². The standard InChI is InChI=1S/C33H53O6P/c1-5-9-17-34-24-29-31(35-18-10-6-2)33(37-20-12-8-4)32(36-19-11-7-3)30(39-29)28-22-25(23-38-40)21-26-15-13-14-16-27(26)28/h13-16,21-22,29-33H,5-12,17-20,23-24,40H2,1-4H3/t29-,30?,31-,32+,33+/m1/s1. The smallest absolute Gasteiger partial charge is 0.117 e. The van der Waals surface area contributed by atoms with Crippen LogP contribution in [0.2, 0.25) is 0 Å². The lowest BCUT2D eigenvalue weighted by atomic mass is 9.87. The zero-order chi connectivity index (χ0) is 28.6. The van der Waals surface area contributed by atoms with E-state index in [2.05, 4.69) is 73.6 Å². The van der Waals surface area contributed by atoms with Crippen LogP contribution in [-0.2, 0) is 34.8 Å². The van der Waals surface area contributed by atoms with Crippen molar-refractivity contribution in [3.05, 3.63) is 47.5 Å². The lowest BCUT2D eigenvalue weighted by Gasteiger charge is -2.46. The highest BCUT2D eigenvalue weighted by molar-refractivity contribution is 7.09. The lowest BCUT2D eigenvalue weighted by molar-refractivity contribution is -0.268. The van der Waals surface area contributed by atoms with Gasteiger partial charge >= 0.3 is 0 Å². The fraction of sp³-hybridized carbons (Fsp3) is 0.697. The van der Waals surface area contributed by atoms with E-state index < -0.39 is 0 Å². The van der Waals surface area contributed by atoms with Crippen LogP contribution in [0.5, 0.6) is 0 Å². The molecule has 1 fully saturated rings. The van der Waals surface area contributed by atoms with E-state index in [1.165, 1.54) is 0 Å². The van der Waals surface area contributed by atoms with Gasteiger partial charge in [-0.1, -0.05) is 83.7 Å². The molecular formula is C33H53O6P. The third-order valence-corrected chi connectivity index (χ3v) is 7.66. The Kier molecular flexibility index (Phi) is 16.0. The minimum absolute atomic E-state index is 0.265. The maximum Gasteiger partial charge on any atom is 0.117 e. The van der Waals surface area contributed by atoms with Gasteiger partial charge in [0.2, 0.25) is 0 Å². The van der Waals surface area contributed by atoms with E-state index in [0.29, 0.717) is 39.6 Å². The predicted octanol–water partition coefficient (Wildman–Crippen LogP) is 7.96. The Labute approximate surface area is 245 Å². The zero-order valence-electron chi connectivity index (χ0n) is 25.3. The summed E-state index contributed by atoms with van der Waals surface area (Å²) >= 11 is 0. The van der Waals surface area contributed by atoms with Crippen LogP contribution in [0, 0.1) is 0 Å². The van der Waals surface area contributed by atoms with E-state index in [4.69, 9.17) is 28.2 Å². The van der Waals surface area contributed by atoms with Gasteiger partial charge in [-0.25, -0.2) is 0 Å². The molecule has 0 aliphatic carbocycles. The first-order chi connectivity index (χ1) is 19.7. The van der Waals surface area contributed by atoms with Crippen molar-refractivity contribution in [1.29, 1.82) is 0 Å². The average molecular weight is 577 g/mol. The zero-order valence-corrected chi connectivity index (χ0v) is 26.4. The number of hydrogen-bond acceptors (Lipinski definition) is 6. The molecular weight excluding hydrogens is 523 g/mol. The Hall–Kier alpha value is -1.11. The molecule has 0 saturated carbocycles. The molecule has 226 valence electrons. The first kappa shape index (κ1) is 33.4. The summed E-state index contributed by atoms with van der Waals surface area (Å²) in [6, 6.07) is 12.9. The Morgan fingerprint density at radius 2 is 1.32 bits per heavy atom. The molecule has 2 aromatic rings. The molecule has 0 amide bonds. The quantitative estimate of drug-likeness (QED) is 0.118. The molecule has 1 aliphatic rings. The predicted molar refractivity (Wildman–Crippen MR) is 166 cm³/mol. The van der Waals surface area contributed by atoms with Gasteiger partial charge in [-0.3, -0.25) is 0 Å². The second kappa shape index (κ2) is 19.2. The Bertz CT molecular complexity index is 956. The van der Waals surface area contributed by atoms with E-state index >= 15 is 0 Å². The Morgan fingerprint density at radius 3 is 1.98 bits per heavy atom. The van der Waals surface area contributed by atoms with E-state index in [0.717, 1.165) is 73.3 Å². The van der Waals surface area contributed by atoms with E-state index in [1.807, 2.05) is 0 Å². The van der Waals surface area contributed by atoms with Crippen LogP contribution in [-0.4, -0.2) is 57.5 Å². The highest BCUT2D eigenvalue weighted by Gasteiger charge is 2.49. The summed E-state index contributed by atoms with van der Waals surface area (Å²) in [4.78, 5) is 0. The molecule has 7 heteroatoms. The van der Waals surface area contributed by atoms with Crippen molar-refractivity contribution in [3.63, 3.8) is 0 Å². The molecule has 40 heavy (non-hydrogen) atoms. The van der Waals surface area contributed by atoms with Crippen LogP contribution in [0.3, 0.4) is 0 Å². The minimum atomic E-state index is -0.330. The topological polar surface area (TPSA) is 55.4 Å². The first-order valence-electron chi connectivity index (χ1n) is 15.6. The van der Waals surface area contributed by atoms with Crippen molar-refractivity contribution < 1.29 is 28.2 Å². The lowest BCUT2D eigenvalue weighted by Crippen LogP contribution is -2.58. The van der Waals surface area contributed by atoms with Crippen LogP contribution in [0.15, 0.2) is 36.4 Å². The number of rotatable bonds is 20. The number of benzene rings is 2. The highest BCUT2D eigenvalue weighted by atomic mass is 31.0. The van der Waals surface area contributed by atoms with Crippen LogP contribution in [0.4, 0.5) is 0 Å². The fourth-order valence-electron chi connectivity index (χ4n) is 5.23. The van der Waals surface area contributed by atoms with Crippen molar-refractivity contribution in [2.45, 2.75) is 116 Å². The SMILES string of the molecule is CCCCOC[C@H]1OC(c2cc(COP)cc3ccccc23)[C@H](OCCCC)[C@@H](OCCCC)[C@@H]1OCCCC.